The van der Waals surface area contributed by atoms with Crippen molar-refractivity contribution in [3.05, 3.63) is 70.0 Å². The lowest BCUT2D eigenvalue weighted by Gasteiger charge is -2.15. The molecule has 0 radical (unpaired) electrons. The number of sulfonamides is 1. The zero-order valence-electron chi connectivity index (χ0n) is 16.1. The number of benzene rings is 2. The highest BCUT2D eigenvalue weighted by Gasteiger charge is 2.23. The lowest BCUT2D eigenvalue weighted by molar-refractivity contribution is 0.193. The van der Waals surface area contributed by atoms with Gasteiger partial charge >= 0.3 is 6.09 Å². The van der Waals surface area contributed by atoms with Gasteiger partial charge in [-0.2, -0.15) is 4.39 Å². The number of hydrogen-bond donors (Lipinski definition) is 4. The summed E-state index contributed by atoms with van der Waals surface area (Å²) in [5.74, 6) is -3.08. The number of carbonyl (C=O) groups is 1. The summed E-state index contributed by atoms with van der Waals surface area (Å²) < 4.78 is 60.2. The van der Waals surface area contributed by atoms with Crippen LogP contribution >= 0.6 is 23.2 Å². The fourth-order valence-corrected chi connectivity index (χ4v) is 4.16. The first-order valence-corrected chi connectivity index (χ1v) is 11.0. The van der Waals surface area contributed by atoms with Crippen molar-refractivity contribution in [2.24, 2.45) is 0 Å². The summed E-state index contributed by atoms with van der Waals surface area (Å²) in [4.78, 5) is 13.5. The molecule has 0 fully saturated rings. The van der Waals surface area contributed by atoms with E-state index < -0.39 is 55.8 Å². The van der Waals surface area contributed by atoms with E-state index in [1.807, 2.05) is 5.32 Å². The van der Waals surface area contributed by atoms with Gasteiger partial charge in [-0.1, -0.05) is 23.2 Å². The molecule has 0 saturated carbocycles. The Kier molecular flexibility index (Phi) is 7.10. The van der Waals surface area contributed by atoms with E-state index in [2.05, 4.69) is 9.71 Å². The number of halogens is 4. The molecule has 1 aromatic heterocycles. The van der Waals surface area contributed by atoms with Crippen molar-refractivity contribution >= 4 is 45.0 Å². The topological polar surface area (TPSA) is 138 Å². The number of aromatic hydroxyl groups is 1. The number of phenols is 1. The van der Waals surface area contributed by atoms with Crippen LogP contribution in [0.3, 0.4) is 0 Å². The Labute approximate surface area is 195 Å². The van der Waals surface area contributed by atoms with E-state index in [-0.39, 0.29) is 22.2 Å². The normalized spacial score (nSPS) is 11.2. The Bertz CT molecular complexity index is 1320. The van der Waals surface area contributed by atoms with Gasteiger partial charge in [-0.25, -0.2) is 22.6 Å². The number of nitrogens with one attached hydrogen (secondary N) is 2. The van der Waals surface area contributed by atoms with Crippen LogP contribution in [-0.2, 0) is 16.6 Å². The highest BCUT2D eigenvalue weighted by molar-refractivity contribution is 7.92. The zero-order chi connectivity index (χ0) is 24.3. The van der Waals surface area contributed by atoms with E-state index in [1.54, 1.807) is 0 Å². The average molecular weight is 520 g/mol. The molecular formula is C19H13Cl2F2N3O6S. The molecule has 0 spiro atoms. The first-order chi connectivity index (χ1) is 15.5. The molecule has 3 rings (SSSR count). The predicted molar refractivity (Wildman–Crippen MR) is 114 cm³/mol. The Morgan fingerprint density at radius 3 is 2.39 bits per heavy atom. The lowest BCUT2D eigenvalue weighted by Crippen LogP contribution is -2.21. The highest BCUT2D eigenvalue weighted by atomic mass is 35.5. The number of nitrogens with zero attached hydrogens (tertiary/aromatic N) is 1. The van der Waals surface area contributed by atoms with E-state index in [9.17, 15) is 27.1 Å². The van der Waals surface area contributed by atoms with Crippen LogP contribution in [0, 0.1) is 11.8 Å². The summed E-state index contributed by atoms with van der Waals surface area (Å²) in [5, 5.41) is 19.8. The third-order valence-electron chi connectivity index (χ3n) is 4.01. The molecule has 0 saturated heterocycles. The predicted octanol–water partition coefficient (Wildman–Crippen LogP) is 4.73. The van der Waals surface area contributed by atoms with Crippen LogP contribution in [0.25, 0.3) is 0 Å². The van der Waals surface area contributed by atoms with Crippen LogP contribution in [0.2, 0.25) is 10.0 Å². The maximum absolute atomic E-state index is 14.1. The monoisotopic (exact) mass is 519 g/mol. The summed E-state index contributed by atoms with van der Waals surface area (Å²) in [6, 6.07) is 7.51. The molecule has 3 aromatic rings. The smallest absolute Gasteiger partial charge is 0.404 e. The number of hydrogen-bond acceptors (Lipinski definition) is 6. The summed E-state index contributed by atoms with van der Waals surface area (Å²) >= 11 is 12.0. The fourth-order valence-electron chi connectivity index (χ4n) is 2.52. The Balaban J connectivity index is 1.95. The number of rotatable bonds is 7. The maximum Gasteiger partial charge on any atom is 0.404 e. The van der Waals surface area contributed by atoms with Crippen molar-refractivity contribution < 1.29 is 36.9 Å². The van der Waals surface area contributed by atoms with E-state index in [0.717, 1.165) is 30.3 Å². The van der Waals surface area contributed by atoms with Gasteiger partial charge in [-0.15, -0.1) is 0 Å². The molecule has 2 aromatic carbocycles. The van der Waals surface area contributed by atoms with Crippen LogP contribution in [-0.4, -0.2) is 29.7 Å². The van der Waals surface area contributed by atoms with Gasteiger partial charge in [0.2, 0.25) is 5.95 Å². The van der Waals surface area contributed by atoms with Crippen molar-refractivity contribution in [3.63, 3.8) is 0 Å². The molecule has 1 heterocycles. The SMILES string of the molecule is O=C(O)NCc1nc(F)c(Cl)c(Oc2ccc(O)c(S(=O)(=O)Nc3ccc(F)cc3)c2)c1Cl. The van der Waals surface area contributed by atoms with Gasteiger partial charge < -0.3 is 20.3 Å². The van der Waals surface area contributed by atoms with Crippen LogP contribution in [0.15, 0.2) is 47.4 Å². The van der Waals surface area contributed by atoms with Crippen LogP contribution in [0.1, 0.15) is 5.69 Å². The molecular weight excluding hydrogens is 507 g/mol. The Morgan fingerprint density at radius 1 is 1.09 bits per heavy atom. The van der Waals surface area contributed by atoms with Gasteiger partial charge in [0, 0.05) is 11.8 Å². The summed E-state index contributed by atoms with van der Waals surface area (Å²) in [6.07, 6.45) is -1.41. The van der Waals surface area contributed by atoms with E-state index in [0.29, 0.717) is 0 Å². The van der Waals surface area contributed by atoms with Gasteiger partial charge in [0.1, 0.15) is 32.3 Å². The molecule has 1 amide bonds. The standard InChI is InChI=1S/C19H13Cl2F2N3O6S/c20-15-12(8-24-19(28)29)25-18(23)16(21)17(15)32-11-5-6-13(27)14(7-11)33(30,31)26-10-3-1-9(22)2-4-10/h1-7,24,26-27H,8H2,(H,28,29). The van der Waals surface area contributed by atoms with Crippen molar-refractivity contribution in [2.45, 2.75) is 11.4 Å². The molecule has 0 unspecified atom stereocenters. The molecule has 0 aliphatic rings. The second-order valence-corrected chi connectivity index (χ2v) is 8.72. The maximum atomic E-state index is 14.1. The van der Waals surface area contributed by atoms with E-state index in [1.165, 1.54) is 12.1 Å². The van der Waals surface area contributed by atoms with Crippen molar-refractivity contribution in [2.75, 3.05) is 4.72 Å². The summed E-state index contributed by atoms with van der Waals surface area (Å²) in [5.41, 5.74) is -0.208. The minimum absolute atomic E-state index is 0.0278. The van der Waals surface area contributed by atoms with E-state index >= 15 is 0 Å². The van der Waals surface area contributed by atoms with E-state index in [4.69, 9.17) is 33.0 Å². The number of pyridine rings is 1. The molecule has 4 N–H and O–H groups in total. The Hall–Kier alpha value is -3.35. The van der Waals surface area contributed by atoms with Crippen molar-refractivity contribution in [1.29, 1.82) is 0 Å². The zero-order valence-corrected chi connectivity index (χ0v) is 18.5. The van der Waals surface area contributed by atoms with Gasteiger partial charge in [-0.3, -0.25) is 4.72 Å². The first-order valence-electron chi connectivity index (χ1n) is 8.77. The lowest BCUT2D eigenvalue weighted by atomic mass is 10.3. The number of amides is 1. The van der Waals surface area contributed by atoms with Crippen LogP contribution < -0.4 is 14.8 Å². The van der Waals surface area contributed by atoms with Crippen LogP contribution in [0.4, 0.5) is 19.3 Å². The number of carboxylic acid groups (broad SMARTS) is 1. The largest absolute Gasteiger partial charge is 0.507 e. The highest BCUT2D eigenvalue weighted by Crippen LogP contribution is 2.40. The van der Waals surface area contributed by atoms with Gasteiger partial charge in [0.05, 0.1) is 12.2 Å². The van der Waals surface area contributed by atoms with Crippen molar-refractivity contribution in [1.82, 2.24) is 10.3 Å². The molecule has 0 aliphatic heterocycles. The third kappa shape index (κ3) is 5.72. The molecule has 0 bridgehead atoms. The van der Waals surface area contributed by atoms with Gasteiger partial charge in [0.25, 0.3) is 10.0 Å². The Morgan fingerprint density at radius 2 is 1.76 bits per heavy atom. The molecule has 0 aliphatic carbocycles. The third-order valence-corrected chi connectivity index (χ3v) is 6.14. The summed E-state index contributed by atoms with van der Waals surface area (Å²) in [6.45, 7) is -0.463. The number of anilines is 1. The first kappa shape index (κ1) is 24.3. The van der Waals surface area contributed by atoms with Crippen molar-refractivity contribution in [3.8, 4) is 17.2 Å². The second kappa shape index (κ2) is 9.65. The minimum atomic E-state index is -4.36. The van der Waals surface area contributed by atoms with Gasteiger partial charge in [-0.05, 0) is 36.4 Å². The fraction of sp³-hybridized carbons (Fsp3) is 0.0526. The second-order valence-electron chi connectivity index (χ2n) is 6.31. The molecule has 14 heteroatoms. The summed E-state index contributed by atoms with van der Waals surface area (Å²) in [7, 11) is -4.36. The quantitative estimate of drug-likeness (QED) is 0.331. The van der Waals surface area contributed by atoms with Gasteiger partial charge in [0.15, 0.2) is 5.75 Å². The number of aromatic nitrogens is 1. The minimum Gasteiger partial charge on any atom is -0.507 e. The molecule has 9 nitrogen and oxygen atoms in total. The molecule has 33 heavy (non-hydrogen) atoms. The molecule has 0 atom stereocenters. The number of phenolic OH excluding ortho intramolecular Hbond substituents is 1. The van der Waals surface area contributed by atoms with Crippen LogP contribution in [0.5, 0.6) is 17.2 Å². The molecule has 174 valence electrons. The average Bonchev–Trinajstić information content (AvgIpc) is 2.75. The number of ether oxygens (including phenoxy) is 1.